The number of para-hydroxylation sites is 1. The molecule has 132 valence electrons. The van der Waals surface area contributed by atoms with Crippen LogP contribution >= 0.6 is 27.5 Å². The number of ether oxygens (including phenoxy) is 1. The van der Waals surface area contributed by atoms with Crippen LogP contribution in [0, 0.1) is 0 Å². The minimum Gasteiger partial charge on any atom is -0.480 e. The van der Waals surface area contributed by atoms with Crippen LogP contribution in [0.1, 0.15) is 17.3 Å². The van der Waals surface area contributed by atoms with Crippen LogP contribution in [0.5, 0.6) is 5.75 Å². The van der Waals surface area contributed by atoms with Gasteiger partial charge < -0.3 is 15.0 Å². The number of benzene rings is 2. The summed E-state index contributed by atoms with van der Waals surface area (Å²) >= 11 is 9.24. The maximum Gasteiger partial charge on any atom is 0.265 e. The number of anilines is 1. The van der Waals surface area contributed by atoms with Gasteiger partial charge in [-0.1, -0.05) is 23.7 Å². The van der Waals surface area contributed by atoms with E-state index in [1.807, 2.05) is 0 Å². The van der Waals surface area contributed by atoms with Gasteiger partial charge in [0.2, 0.25) is 0 Å². The first-order valence-electron chi connectivity index (χ1n) is 7.53. The molecule has 25 heavy (non-hydrogen) atoms. The summed E-state index contributed by atoms with van der Waals surface area (Å²) in [5.74, 6) is -0.0459. The van der Waals surface area contributed by atoms with E-state index in [1.165, 1.54) is 4.90 Å². The molecule has 5 nitrogen and oxygen atoms in total. The monoisotopic (exact) mass is 424 g/mol. The summed E-state index contributed by atoms with van der Waals surface area (Å²) in [6.45, 7) is 1.63. The highest BCUT2D eigenvalue weighted by molar-refractivity contribution is 9.10. The molecule has 7 heteroatoms. The Morgan fingerprint density at radius 1 is 1.20 bits per heavy atom. The van der Waals surface area contributed by atoms with Crippen LogP contribution < -0.4 is 10.1 Å². The Morgan fingerprint density at radius 2 is 1.88 bits per heavy atom. The molecule has 0 saturated heterocycles. The van der Waals surface area contributed by atoms with E-state index < -0.39 is 6.10 Å². The zero-order chi connectivity index (χ0) is 18.6. The van der Waals surface area contributed by atoms with Gasteiger partial charge in [-0.3, -0.25) is 9.59 Å². The Bertz CT molecular complexity index is 796. The predicted molar refractivity (Wildman–Crippen MR) is 102 cm³/mol. The fourth-order valence-corrected chi connectivity index (χ4v) is 2.84. The van der Waals surface area contributed by atoms with Gasteiger partial charge >= 0.3 is 0 Å². The average Bonchev–Trinajstić information content (AvgIpc) is 2.57. The zero-order valence-corrected chi connectivity index (χ0v) is 16.4. The molecule has 0 aliphatic rings. The largest absolute Gasteiger partial charge is 0.480 e. The number of nitrogens with zero attached hydrogens (tertiary/aromatic N) is 1. The maximum atomic E-state index is 12.4. The molecular weight excluding hydrogens is 408 g/mol. The summed E-state index contributed by atoms with van der Waals surface area (Å²) in [6.07, 6.45) is -0.764. The van der Waals surface area contributed by atoms with Gasteiger partial charge in [0.25, 0.3) is 11.8 Å². The molecule has 0 aliphatic heterocycles. The quantitative estimate of drug-likeness (QED) is 0.780. The van der Waals surface area contributed by atoms with Crippen molar-refractivity contribution in [2.45, 2.75) is 13.0 Å². The molecule has 0 spiro atoms. The molecule has 2 rings (SSSR count). The Hall–Kier alpha value is -2.05. The SMILES string of the molecule is CC(Oc1ccc(Cl)cc1Br)C(=O)Nc1ccccc1C(=O)N(C)C. The molecule has 0 saturated carbocycles. The number of carbonyl (C=O) groups is 2. The molecule has 2 aromatic carbocycles. The lowest BCUT2D eigenvalue weighted by Crippen LogP contribution is -2.31. The fraction of sp³-hybridized carbons (Fsp3) is 0.222. The van der Waals surface area contributed by atoms with Crippen molar-refractivity contribution in [3.05, 3.63) is 57.5 Å². The Kier molecular flexibility index (Phi) is 6.45. The molecule has 2 aromatic rings. The number of nitrogens with one attached hydrogen (secondary N) is 1. The molecule has 2 amide bonds. The molecule has 0 fully saturated rings. The second-order valence-corrected chi connectivity index (χ2v) is 6.86. The van der Waals surface area contributed by atoms with E-state index in [0.29, 0.717) is 26.5 Å². The lowest BCUT2D eigenvalue weighted by molar-refractivity contribution is -0.122. The van der Waals surface area contributed by atoms with Crippen LogP contribution in [-0.4, -0.2) is 36.9 Å². The third kappa shape index (κ3) is 4.96. The van der Waals surface area contributed by atoms with Gasteiger partial charge in [-0.05, 0) is 53.2 Å². The molecule has 0 aromatic heterocycles. The zero-order valence-electron chi connectivity index (χ0n) is 14.0. The summed E-state index contributed by atoms with van der Waals surface area (Å²) in [4.78, 5) is 26.1. The molecule has 0 radical (unpaired) electrons. The van der Waals surface area contributed by atoms with Crippen molar-refractivity contribution >= 4 is 45.0 Å². The summed E-state index contributed by atoms with van der Waals surface area (Å²) in [7, 11) is 3.31. The number of rotatable bonds is 5. The van der Waals surface area contributed by atoms with E-state index in [9.17, 15) is 9.59 Å². The molecule has 1 N–H and O–H groups in total. The minimum absolute atomic E-state index is 0.190. The molecule has 0 aliphatic carbocycles. The fourth-order valence-electron chi connectivity index (χ4n) is 2.07. The van der Waals surface area contributed by atoms with Gasteiger partial charge in [0.1, 0.15) is 5.75 Å². The van der Waals surface area contributed by atoms with Crippen LogP contribution in [-0.2, 0) is 4.79 Å². The van der Waals surface area contributed by atoms with Gasteiger partial charge in [-0.25, -0.2) is 0 Å². The molecule has 0 bridgehead atoms. The third-order valence-electron chi connectivity index (χ3n) is 3.39. The smallest absolute Gasteiger partial charge is 0.265 e. The van der Waals surface area contributed by atoms with E-state index in [2.05, 4.69) is 21.2 Å². The summed E-state index contributed by atoms with van der Waals surface area (Å²) in [5, 5.41) is 3.31. The van der Waals surface area contributed by atoms with Crippen molar-refractivity contribution in [3.63, 3.8) is 0 Å². The molecule has 1 unspecified atom stereocenters. The Balaban J connectivity index is 2.13. The second kappa shape index (κ2) is 8.36. The van der Waals surface area contributed by atoms with Crippen molar-refractivity contribution in [3.8, 4) is 5.75 Å². The van der Waals surface area contributed by atoms with E-state index in [0.717, 1.165) is 0 Å². The predicted octanol–water partition coefficient (Wildman–Crippen LogP) is 4.21. The first-order chi connectivity index (χ1) is 11.8. The summed E-state index contributed by atoms with van der Waals surface area (Å²) < 4.78 is 6.32. The van der Waals surface area contributed by atoms with Crippen LogP contribution in [0.2, 0.25) is 5.02 Å². The topological polar surface area (TPSA) is 58.6 Å². The van der Waals surface area contributed by atoms with Gasteiger partial charge in [-0.15, -0.1) is 0 Å². The second-order valence-electron chi connectivity index (χ2n) is 5.57. The van der Waals surface area contributed by atoms with Gasteiger partial charge in [-0.2, -0.15) is 0 Å². The Labute approximate surface area is 160 Å². The number of carbonyl (C=O) groups excluding carboxylic acids is 2. The number of hydrogen-bond donors (Lipinski definition) is 1. The lowest BCUT2D eigenvalue weighted by Gasteiger charge is -2.18. The highest BCUT2D eigenvalue weighted by Gasteiger charge is 2.19. The van der Waals surface area contributed by atoms with E-state index in [1.54, 1.807) is 63.5 Å². The van der Waals surface area contributed by atoms with Crippen molar-refractivity contribution in [1.29, 1.82) is 0 Å². The molecule has 1 atom stereocenters. The van der Waals surface area contributed by atoms with E-state index >= 15 is 0 Å². The minimum atomic E-state index is -0.764. The standard InChI is InChI=1S/C18H18BrClN2O3/c1-11(25-16-9-8-12(20)10-14(16)19)17(23)21-15-7-5-4-6-13(15)18(24)22(2)3/h4-11H,1-3H3,(H,21,23). The normalized spacial score (nSPS) is 11.6. The third-order valence-corrected chi connectivity index (χ3v) is 4.24. The first-order valence-corrected chi connectivity index (χ1v) is 8.70. The highest BCUT2D eigenvalue weighted by atomic mass is 79.9. The molecule has 0 heterocycles. The Morgan fingerprint density at radius 3 is 2.52 bits per heavy atom. The van der Waals surface area contributed by atoms with Gasteiger partial charge in [0.15, 0.2) is 6.10 Å². The van der Waals surface area contributed by atoms with Crippen molar-refractivity contribution in [2.75, 3.05) is 19.4 Å². The maximum absolute atomic E-state index is 12.4. The summed E-state index contributed by atoms with van der Waals surface area (Å²) in [5.41, 5.74) is 0.859. The number of halogens is 2. The van der Waals surface area contributed by atoms with Gasteiger partial charge in [0.05, 0.1) is 15.7 Å². The van der Waals surface area contributed by atoms with Crippen molar-refractivity contribution in [2.24, 2.45) is 0 Å². The highest BCUT2D eigenvalue weighted by Crippen LogP contribution is 2.29. The van der Waals surface area contributed by atoms with Crippen LogP contribution in [0.4, 0.5) is 5.69 Å². The van der Waals surface area contributed by atoms with Crippen molar-refractivity contribution < 1.29 is 14.3 Å². The van der Waals surface area contributed by atoms with Crippen LogP contribution in [0.25, 0.3) is 0 Å². The number of amides is 2. The van der Waals surface area contributed by atoms with Gasteiger partial charge in [0, 0.05) is 19.1 Å². The molecular formula is C18H18BrClN2O3. The van der Waals surface area contributed by atoms with E-state index in [4.69, 9.17) is 16.3 Å². The number of hydrogen-bond acceptors (Lipinski definition) is 3. The van der Waals surface area contributed by atoms with Crippen LogP contribution in [0.3, 0.4) is 0 Å². The first kappa shape index (κ1) is 19.3. The average molecular weight is 426 g/mol. The lowest BCUT2D eigenvalue weighted by atomic mass is 10.1. The van der Waals surface area contributed by atoms with Crippen molar-refractivity contribution in [1.82, 2.24) is 4.90 Å². The van der Waals surface area contributed by atoms with E-state index in [-0.39, 0.29) is 11.8 Å². The van der Waals surface area contributed by atoms with Crippen LogP contribution in [0.15, 0.2) is 46.9 Å². The summed E-state index contributed by atoms with van der Waals surface area (Å²) in [6, 6.07) is 11.9.